The van der Waals surface area contributed by atoms with E-state index in [2.05, 4.69) is 5.10 Å². The average molecular weight is 306 g/mol. The van der Waals surface area contributed by atoms with E-state index in [0.29, 0.717) is 11.1 Å². The molecule has 6 heteroatoms. The first-order chi connectivity index (χ1) is 10.5. The number of halogens is 3. The normalized spacial score (nSPS) is 11.8. The van der Waals surface area contributed by atoms with Crippen LogP contribution in [0.15, 0.2) is 48.7 Å². The summed E-state index contributed by atoms with van der Waals surface area (Å²) in [5.74, 6) is -0.230. The highest BCUT2D eigenvalue weighted by molar-refractivity contribution is 5.56. The fourth-order valence-corrected chi connectivity index (χ4v) is 2.27. The molecular formula is C16H13F3N2O. The maximum absolute atomic E-state index is 13.4. The molecule has 3 rings (SSSR count). The fraction of sp³-hybridized carbons (Fsp3) is 0.188. The third-order valence-corrected chi connectivity index (χ3v) is 3.34. The Kier molecular flexibility index (Phi) is 3.52. The summed E-state index contributed by atoms with van der Waals surface area (Å²) in [6.45, 7) is 1.78. The summed E-state index contributed by atoms with van der Waals surface area (Å²) in [5, 5.41) is 3.82. The van der Waals surface area contributed by atoms with Crippen LogP contribution in [0.2, 0.25) is 0 Å². The van der Waals surface area contributed by atoms with Crippen LogP contribution in [0.4, 0.5) is 13.2 Å². The number of hydrogen-bond donors (Lipinski definition) is 0. The van der Waals surface area contributed by atoms with Gasteiger partial charge in [0.2, 0.25) is 0 Å². The molecule has 3 nitrogen and oxygen atoms in total. The van der Waals surface area contributed by atoms with Crippen molar-refractivity contribution in [2.45, 2.75) is 19.7 Å². The van der Waals surface area contributed by atoms with Crippen LogP contribution in [0.1, 0.15) is 16.8 Å². The second-order valence-electron chi connectivity index (χ2n) is 4.94. The van der Waals surface area contributed by atoms with Gasteiger partial charge < -0.3 is 4.74 Å². The van der Waals surface area contributed by atoms with Gasteiger partial charge in [-0.3, -0.25) is 0 Å². The number of nitrogens with zero attached hydrogens (tertiary/aromatic N) is 2. The summed E-state index contributed by atoms with van der Waals surface area (Å²) in [7, 11) is 0. The number of fused-ring (bicyclic) bond motifs is 1. The van der Waals surface area contributed by atoms with Gasteiger partial charge in [0.1, 0.15) is 6.61 Å². The lowest BCUT2D eigenvalue weighted by Gasteiger charge is -2.15. The highest BCUT2D eigenvalue weighted by Crippen LogP contribution is 2.37. The van der Waals surface area contributed by atoms with E-state index in [-0.39, 0.29) is 12.4 Å². The molecule has 0 amide bonds. The molecule has 0 saturated heterocycles. The summed E-state index contributed by atoms with van der Waals surface area (Å²) in [6.07, 6.45) is -3.14. The first-order valence-corrected chi connectivity index (χ1v) is 6.68. The van der Waals surface area contributed by atoms with Crippen LogP contribution >= 0.6 is 0 Å². The van der Waals surface area contributed by atoms with Crippen molar-refractivity contribution in [2.75, 3.05) is 0 Å². The van der Waals surface area contributed by atoms with Crippen LogP contribution < -0.4 is 4.74 Å². The molecule has 0 N–H and O–H groups in total. The molecular weight excluding hydrogens is 293 g/mol. The molecule has 0 aliphatic rings. The lowest BCUT2D eigenvalue weighted by molar-refractivity contribution is -0.144. The Bertz CT molecular complexity index is 794. The van der Waals surface area contributed by atoms with Gasteiger partial charge in [-0.05, 0) is 30.2 Å². The van der Waals surface area contributed by atoms with E-state index in [1.165, 1.54) is 12.3 Å². The summed E-state index contributed by atoms with van der Waals surface area (Å²) in [6, 6.07) is 12.0. The van der Waals surface area contributed by atoms with Crippen molar-refractivity contribution >= 4 is 5.52 Å². The van der Waals surface area contributed by atoms with Crippen LogP contribution in [-0.4, -0.2) is 9.61 Å². The third-order valence-electron chi connectivity index (χ3n) is 3.34. The monoisotopic (exact) mass is 306 g/mol. The molecule has 114 valence electrons. The van der Waals surface area contributed by atoms with E-state index in [9.17, 15) is 13.2 Å². The molecule has 0 aliphatic heterocycles. The van der Waals surface area contributed by atoms with Crippen molar-refractivity contribution in [2.24, 2.45) is 0 Å². The van der Waals surface area contributed by atoms with Gasteiger partial charge >= 0.3 is 6.18 Å². The number of aromatic nitrogens is 2. The zero-order chi connectivity index (χ0) is 15.7. The molecule has 2 heterocycles. The van der Waals surface area contributed by atoms with E-state index >= 15 is 0 Å². The summed E-state index contributed by atoms with van der Waals surface area (Å²) in [5.41, 5.74) is 1.00. The Balaban J connectivity index is 2.02. The maximum atomic E-state index is 13.4. The van der Waals surface area contributed by atoms with Gasteiger partial charge in [0.15, 0.2) is 11.4 Å². The molecule has 22 heavy (non-hydrogen) atoms. The highest BCUT2D eigenvalue weighted by Gasteiger charge is 2.38. The predicted molar refractivity (Wildman–Crippen MR) is 75.7 cm³/mol. The number of benzene rings is 1. The molecule has 0 atom stereocenters. The molecule has 0 spiro atoms. The number of alkyl halides is 3. The first kappa shape index (κ1) is 14.4. The molecule has 0 saturated carbocycles. The van der Waals surface area contributed by atoms with Crippen molar-refractivity contribution in [3.05, 3.63) is 65.5 Å². The van der Waals surface area contributed by atoms with Gasteiger partial charge in [0, 0.05) is 0 Å². The van der Waals surface area contributed by atoms with Crippen LogP contribution in [0, 0.1) is 6.92 Å². The summed E-state index contributed by atoms with van der Waals surface area (Å²) < 4.78 is 46.4. The van der Waals surface area contributed by atoms with Crippen molar-refractivity contribution < 1.29 is 17.9 Å². The molecule has 1 aromatic carbocycles. The van der Waals surface area contributed by atoms with Gasteiger partial charge in [0.05, 0.1) is 11.7 Å². The second kappa shape index (κ2) is 5.36. The Morgan fingerprint density at radius 1 is 1.09 bits per heavy atom. The third kappa shape index (κ3) is 2.64. The van der Waals surface area contributed by atoms with Crippen LogP contribution in [0.5, 0.6) is 5.75 Å². The first-order valence-electron chi connectivity index (χ1n) is 6.68. The average Bonchev–Trinajstić information content (AvgIpc) is 2.86. The molecule has 0 unspecified atom stereocenters. The Hall–Kier alpha value is -2.50. The molecule has 2 aromatic heterocycles. The van der Waals surface area contributed by atoms with Crippen LogP contribution in [0.3, 0.4) is 0 Å². The SMILES string of the molecule is Cc1cnn2c(C(F)(F)F)c(OCc3ccccc3)ccc12. The van der Waals surface area contributed by atoms with E-state index in [4.69, 9.17) is 4.74 Å². The Morgan fingerprint density at radius 3 is 2.50 bits per heavy atom. The van der Waals surface area contributed by atoms with Crippen molar-refractivity contribution in [3.8, 4) is 5.75 Å². The minimum absolute atomic E-state index is 0.0652. The number of aryl methyl sites for hydroxylation is 1. The largest absolute Gasteiger partial charge is 0.487 e. The number of pyridine rings is 1. The second-order valence-corrected chi connectivity index (χ2v) is 4.94. The standard InChI is InChI=1S/C16H13F3N2O/c1-11-9-20-21-13(11)7-8-14(15(21)16(17,18)19)22-10-12-5-3-2-4-6-12/h2-9H,10H2,1H3. The van der Waals surface area contributed by atoms with Gasteiger partial charge in [-0.1, -0.05) is 30.3 Å². The van der Waals surface area contributed by atoms with Crippen molar-refractivity contribution in [1.29, 1.82) is 0 Å². The van der Waals surface area contributed by atoms with Gasteiger partial charge in [-0.25, -0.2) is 4.52 Å². The van der Waals surface area contributed by atoms with Crippen molar-refractivity contribution in [1.82, 2.24) is 9.61 Å². The topological polar surface area (TPSA) is 26.5 Å². The van der Waals surface area contributed by atoms with E-state index in [1.807, 2.05) is 18.2 Å². The number of hydrogen-bond acceptors (Lipinski definition) is 2. The van der Waals surface area contributed by atoms with E-state index in [1.54, 1.807) is 25.1 Å². The molecule has 0 fully saturated rings. The lowest BCUT2D eigenvalue weighted by Crippen LogP contribution is -2.15. The van der Waals surface area contributed by atoms with E-state index < -0.39 is 11.9 Å². The molecule has 3 aromatic rings. The maximum Gasteiger partial charge on any atom is 0.437 e. The molecule has 0 aliphatic carbocycles. The quantitative estimate of drug-likeness (QED) is 0.723. The zero-order valence-electron chi connectivity index (χ0n) is 11.8. The van der Waals surface area contributed by atoms with Gasteiger partial charge in [0.25, 0.3) is 0 Å². The van der Waals surface area contributed by atoms with Crippen molar-refractivity contribution in [3.63, 3.8) is 0 Å². The fourth-order valence-electron chi connectivity index (χ4n) is 2.27. The summed E-state index contributed by atoms with van der Waals surface area (Å²) >= 11 is 0. The Morgan fingerprint density at radius 2 is 1.82 bits per heavy atom. The van der Waals surface area contributed by atoms with Crippen LogP contribution in [0.25, 0.3) is 5.52 Å². The summed E-state index contributed by atoms with van der Waals surface area (Å²) in [4.78, 5) is 0. The van der Waals surface area contributed by atoms with Gasteiger partial charge in [-0.15, -0.1) is 0 Å². The number of rotatable bonds is 3. The highest BCUT2D eigenvalue weighted by atomic mass is 19.4. The zero-order valence-corrected chi connectivity index (χ0v) is 11.8. The minimum atomic E-state index is -4.55. The smallest absolute Gasteiger partial charge is 0.437 e. The molecule has 0 radical (unpaired) electrons. The van der Waals surface area contributed by atoms with E-state index in [0.717, 1.165) is 10.1 Å². The minimum Gasteiger partial charge on any atom is -0.487 e. The predicted octanol–water partition coefficient (Wildman–Crippen LogP) is 4.24. The lowest BCUT2D eigenvalue weighted by atomic mass is 10.2. The molecule has 0 bridgehead atoms. The van der Waals surface area contributed by atoms with Gasteiger partial charge in [-0.2, -0.15) is 18.3 Å². The number of ether oxygens (including phenoxy) is 1. The van der Waals surface area contributed by atoms with Crippen LogP contribution in [-0.2, 0) is 12.8 Å². The Labute approximate surface area is 124 Å².